The lowest BCUT2D eigenvalue weighted by atomic mass is 9.75. The van der Waals surface area contributed by atoms with Gasteiger partial charge in [-0.1, -0.05) is 140 Å². The first-order chi connectivity index (χ1) is 30.0. The normalized spacial score (nSPS) is 17.7. The minimum Gasteiger partial charge on any atom is -0.460 e. The topological polar surface area (TPSA) is 43.8 Å². The molecule has 292 valence electrons. The molecule has 0 bridgehead atoms. The van der Waals surface area contributed by atoms with E-state index >= 15 is 0 Å². The minimum atomic E-state index is -0.251. The fraction of sp³-hybridized carbons (Fsp3) is 0.107. The molecule has 0 saturated carbocycles. The second kappa shape index (κ2) is 13.8. The highest BCUT2D eigenvalue weighted by molar-refractivity contribution is 6.28. The Morgan fingerprint density at radius 3 is 2.02 bits per heavy atom. The van der Waals surface area contributed by atoms with E-state index in [0.29, 0.717) is 5.96 Å². The van der Waals surface area contributed by atoms with Crippen LogP contribution in [0, 0.1) is 0 Å². The average Bonchev–Trinajstić information content (AvgIpc) is 3.93. The van der Waals surface area contributed by atoms with Gasteiger partial charge in [-0.15, -0.1) is 0 Å². The van der Waals surface area contributed by atoms with Crippen molar-refractivity contribution in [2.75, 3.05) is 0 Å². The Balaban J connectivity index is 1.07. The van der Waals surface area contributed by atoms with Crippen LogP contribution in [0.4, 0.5) is 0 Å². The van der Waals surface area contributed by atoms with Crippen LogP contribution in [0.5, 0.6) is 5.75 Å². The zero-order valence-electron chi connectivity index (χ0n) is 34.1. The lowest BCUT2D eigenvalue weighted by Crippen LogP contribution is -2.25. The van der Waals surface area contributed by atoms with Crippen molar-refractivity contribution >= 4 is 61.0 Å². The van der Waals surface area contributed by atoms with Crippen LogP contribution in [-0.2, 0) is 5.41 Å². The van der Waals surface area contributed by atoms with Crippen molar-refractivity contribution in [3.63, 3.8) is 0 Å². The molecule has 1 atom stereocenters. The third-order valence-corrected chi connectivity index (χ3v) is 13.1. The smallest absolute Gasteiger partial charge is 0.235 e. The second-order valence-electron chi connectivity index (χ2n) is 16.7. The second-order valence-corrected chi connectivity index (χ2v) is 16.7. The molecule has 2 aliphatic heterocycles. The number of allylic oxidation sites excluding steroid dienone is 5. The third kappa shape index (κ3) is 5.54. The number of nitrogens with zero attached hydrogens (tertiary/aromatic N) is 4. The lowest BCUT2D eigenvalue weighted by molar-refractivity contribution is 0.376. The molecule has 0 N–H and O–H groups in total. The van der Waals surface area contributed by atoms with Gasteiger partial charge in [-0.05, 0) is 97.9 Å². The molecule has 61 heavy (non-hydrogen) atoms. The molecule has 1 unspecified atom stereocenters. The maximum Gasteiger partial charge on any atom is 0.235 e. The summed E-state index contributed by atoms with van der Waals surface area (Å²) < 4.78 is 11.5. The van der Waals surface area contributed by atoms with Gasteiger partial charge >= 0.3 is 0 Å². The zero-order chi connectivity index (χ0) is 40.7. The predicted molar refractivity (Wildman–Crippen MR) is 253 cm³/mol. The van der Waals surface area contributed by atoms with Gasteiger partial charge in [0.2, 0.25) is 5.96 Å². The third-order valence-electron chi connectivity index (χ3n) is 13.1. The van der Waals surface area contributed by atoms with Gasteiger partial charge in [0.1, 0.15) is 11.5 Å². The van der Waals surface area contributed by atoms with Crippen LogP contribution in [0.15, 0.2) is 209 Å². The standard InChI is InChI=1S/C56H42N4O/c1-36-26-30-46(40-32-33-56(2)45-29-27-39(37-16-6-3-7-17-37)34-50(45)61-51(56)35-40)57-55(58-53(36)38-18-8-4-9-19-38)60-48-25-15-13-23-44(48)52-49(60)31-28-43-42-22-12-14-24-47(42)59(54(43)52)41-20-10-5-11-21-41/h3-25,27-29,31-32,34-35H,26,30,33H2,1-2H3. The largest absolute Gasteiger partial charge is 0.460 e. The average molecular weight is 787 g/mol. The first-order valence-corrected chi connectivity index (χ1v) is 21.3. The molecule has 0 fully saturated rings. The molecular formula is C56H42N4O. The summed E-state index contributed by atoms with van der Waals surface area (Å²) in [5.74, 6) is 2.55. The van der Waals surface area contributed by atoms with Gasteiger partial charge in [0.15, 0.2) is 0 Å². The molecule has 1 aliphatic carbocycles. The van der Waals surface area contributed by atoms with E-state index in [4.69, 9.17) is 14.7 Å². The molecule has 7 aromatic carbocycles. The van der Waals surface area contributed by atoms with Crippen molar-refractivity contribution in [2.24, 2.45) is 9.98 Å². The van der Waals surface area contributed by atoms with Crippen LogP contribution >= 0.6 is 0 Å². The molecule has 5 heteroatoms. The van der Waals surface area contributed by atoms with Gasteiger partial charge in [0, 0.05) is 38.4 Å². The fourth-order valence-corrected chi connectivity index (χ4v) is 9.96. The molecular weight excluding hydrogens is 745 g/mol. The van der Waals surface area contributed by atoms with Gasteiger partial charge < -0.3 is 9.30 Å². The van der Waals surface area contributed by atoms with Gasteiger partial charge in [-0.3, -0.25) is 4.57 Å². The molecule has 12 rings (SSSR count). The fourth-order valence-electron chi connectivity index (χ4n) is 9.96. The number of fused-ring (bicyclic) bond motifs is 10. The number of para-hydroxylation sites is 3. The summed E-state index contributed by atoms with van der Waals surface area (Å²) in [7, 11) is 0. The molecule has 9 aromatic rings. The number of aliphatic imine (C=N–C) groups is 2. The maximum atomic E-state index is 6.80. The molecule has 4 heterocycles. The number of benzene rings is 7. The van der Waals surface area contributed by atoms with Crippen LogP contribution in [0.3, 0.4) is 0 Å². The van der Waals surface area contributed by atoms with Crippen molar-refractivity contribution in [2.45, 2.75) is 38.5 Å². The number of ether oxygens (including phenoxy) is 1. The van der Waals surface area contributed by atoms with E-state index in [9.17, 15) is 0 Å². The van der Waals surface area contributed by atoms with E-state index in [1.165, 1.54) is 43.9 Å². The van der Waals surface area contributed by atoms with Crippen LogP contribution in [0.1, 0.15) is 44.2 Å². The Bertz CT molecular complexity index is 3420. The highest BCUT2D eigenvalue weighted by atomic mass is 16.5. The summed E-state index contributed by atoms with van der Waals surface area (Å²) in [6, 6.07) is 60.5. The van der Waals surface area contributed by atoms with E-state index in [-0.39, 0.29) is 5.41 Å². The molecule has 0 radical (unpaired) electrons. The number of hydrogen-bond acceptors (Lipinski definition) is 3. The summed E-state index contributed by atoms with van der Waals surface area (Å²) in [6.45, 7) is 4.53. The predicted octanol–water partition coefficient (Wildman–Crippen LogP) is 14.0. The SMILES string of the molecule is CC1=C(c2ccccc2)N=C(n2c3ccccc3c3c2ccc2c4ccccc4n(-c4ccccc4)c23)N=C(C2=CCC3(C)C(=C2)Oc2cc(-c4ccccc4)ccc23)CC1. The van der Waals surface area contributed by atoms with Crippen molar-refractivity contribution in [1.82, 2.24) is 9.13 Å². The molecule has 3 aliphatic rings. The Kier molecular flexibility index (Phi) is 8.01. The van der Waals surface area contributed by atoms with Crippen molar-refractivity contribution in [3.05, 3.63) is 210 Å². The van der Waals surface area contributed by atoms with Crippen molar-refractivity contribution < 1.29 is 4.74 Å². The number of aromatic nitrogens is 2. The Hall–Kier alpha value is -7.50. The van der Waals surface area contributed by atoms with E-state index < -0.39 is 0 Å². The first kappa shape index (κ1) is 35.4. The Morgan fingerprint density at radius 2 is 1.25 bits per heavy atom. The van der Waals surface area contributed by atoms with Crippen LogP contribution < -0.4 is 4.74 Å². The molecule has 0 amide bonds. The van der Waals surface area contributed by atoms with Crippen molar-refractivity contribution in [1.29, 1.82) is 0 Å². The Labute approximate surface area is 354 Å². The summed E-state index contributed by atoms with van der Waals surface area (Å²) in [5, 5.41) is 4.78. The zero-order valence-corrected chi connectivity index (χ0v) is 34.1. The summed E-state index contributed by atoms with van der Waals surface area (Å²) in [4.78, 5) is 11.3. The van der Waals surface area contributed by atoms with Crippen LogP contribution in [0.2, 0.25) is 0 Å². The summed E-state index contributed by atoms with van der Waals surface area (Å²) in [6.07, 6.45) is 7.04. The minimum absolute atomic E-state index is 0.251. The molecule has 0 spiro atoms. The Morgan fingerprint density at radius 1 is 0.574 bits per heavy atom. The highest BCUT2D eigenvalue weighted by Gasteiger charge is 2.43. The van der Waals surface area contributed by atoms with Gasteiger partial charge in [-0.25, -0.2) is 9.98 Å². The maximum absolute atomic E-state index is 6.80. The number of rotatable bonds is 4. The van der Waals surface area contributed by atoms with Gasteiger partial charge in [-0.2, -0.15) is 0 Å². The monoisotopic (exact) mass is 786 g/mol. The highest BCUT2D eigenvalue weighted by Crippen LogP contribution is 2.51. The van der Waals surface area contributed by atoms with E-state index in [1.54, 1.807) is 0 Å². The van der Waals surface area contributed by atoms with E-state index in [0.717, 1.165) is 81.0 Å². The van der Waals surface area contributed by atoms with Crippen LogP contribution in [-0.4, -0.2) is 20.8 Å². The van der Waals surface area contributed by atoms with Gasteiger partial charge in [0.05, 0.1) is 38.9 Å². The summed E-state index contributed by atoms with van der Waals surface area (Å²) >= 11 is 0. The molecule has 5 nitrogen and oxygen atoms in total. The number of hydrogen-bond donors (Lipinski definition) is 0. The molecule has 2 aromatic heterocycles. The van der Waals surface area contributed by atoms with E-state index in [2.05, 4.69) is 205 Å². The van der Waals surface area contributed by atoms with E-state index in [1.807, 2.05) is 0 Å². The first-order valence-electron chi connectivity index (χ1n) is 21.3. The van der Waals surface area contributed by atoms with Crippen LogP contribution in [0.25, 0.3) is 66.1 Å². The van der Waals surface area contributed by atoms with Crippen molar-refractivity contribution in [3.8, 4) is 22.6 Å². The quantitative estimate of drug-likeness (QED) is 0.175. The molecule has 0 saturated heterocycles. The van der Waals surface area contributed by atoms with Gasteiger partial charge in [0.25, 0.3) is 0 Å². The lowest BCUT2D eigenvalue weighted by Gasteiger charge is -2.28. The summed E-state index contributed by atoms with van der Waals surface area (Å²) in [5.41, 5.74) is 14.3.